The second-order valence-corrected chi connectivity index (χ2v) is 14.1. The molecule has 0 aliphatic heterocycles. The van der Waals surface area contributed by atoms with Crippen molar-refractivity contribution in [3.63, 3.8) is 0 Å². The minimum Gasteiger partial charge on any atom is -0.456 e. The molecule has 56 heavy (non-hydrogen) atoms. The molecule has 0 N–H and O–H groups in total. The molecule has 8 aromatic carbocycles. The maximum Gasteiger partial charge on any atom is 0.164 e. The molecule has 0 aliphatic rings. The van der Waals surface area contributed by atoms with E-state index in [0.29, 0.717) is 17.5 Å². The van der Waals surface area contributed by atoms with Crippen molar-refractivity contribution in [1.82, 2.24) is 15.0 Å². The Labute approximate surface area is 325 Å². The Bertz CT molecular complexity index is 3020. The first kappa shape index (κ1) is 33.2. The zero-order valence-corrected chi connectivity index (χ0v) is 30.7. The maximum absolute atomic E-state index is 6.58. The van der Waals surface area contributed by atoms with E-state index in [1.165, 1.54) is 27.8 Å². The first-order valence-electron chi connectivity index (χ1n) is 18.8. The normalized spacial score (nSPS) is 11.3. The molecule has 0 aliphatic carbocycles. The molecule has 0 saturated carbocycles. The Balaban J connectivity index is 1.04. The van der Waals surface area contributed by atoms with Crippen LogP contribution in [-0.2, 0) is 0 Å². The second-order valence-electron chi connectivity index (χ2n) is 14.1. The van der Waals surface area contributed by atoms with Crippen LogP contribution in [-0.4, -0.2) is 15.0 Å². The minimum atomic E-state index is 0.588. The molecule has 0 atom stereocenters. The number of hydrogen-bond donors (Lipinski definition) is 0. The zero-order chi connectivity index (χ0) is 37.4. The lowest BCUT2D eigenvalue weighted by molar-refractivity contribution is 0.669. The predicted octanol–water partition coefficient (Wildman–Crippen LogP) is 13.7. The number of benzene rings is 8. The molecule has 0 fully saturated rings. The zero-order valence-electron chi connectivity index (χ0n) is 30.7. The summed E-state index contributed by atoms with van der Waals surface area (Å²) in [5.41, 5.74) is 14.9. The molecular formula is C52H35N3O. The molecule has 0 saturated heterocycles. The maximum atomic E-state index is 6.58. The molecular weight excluding hydrogens is 683 g/mol. The first-order valence-corrected chi connectivity index (χ1v) is 18.8. The van der Waals surface area contributed by atoms with Gasteiger partial charge in [-0.05, 0) is 81.8 Å². The summed E-state index contributed by atoms with van der Waals surface area (Å²) < 4.78 is 6.58. The van der Waals surface area contributed by atoms with Crippen molar-refractivity contribution in [3.8, 4) is 78.7 Å². The van der Waals surface area contributed by atoms with Gasteiger partial charge in [0.1, 0.15) is 11.2 Å². The minimum absolute atomic E-state index is 0.588. The van der Waals surface area contributed by atoms with Crippen LogP contribution in [0.4, 0.5) is 0 Å². The van der Waals surface area contributed by atoms with Crippen LogP contribution in [0.15, 0.2) is 199 Å². The number of fused-ring (bicyclic) bond motifs is 3. The van der Waals surface area contributed by atoms with Crippen molar-refractivity contribution in [2.24, 2.45) is 0 Å². The third kappa shape index (κ3) is 6.33. The summed E-state index contributed by atoms with van der Waals surface area (Å²) in [5, 5.41) is 2.12. The van der Waals surface area contributed by atoms with Gasteiger partial charge in [0.25, 0.3) is 0 Å². The molecule has 264 valence electrons. The van der Waals surface area contributed by atoms with Crippen LogP contribution in [0.5, 0.6) is 0 Å². The molecule has 10 rings (SSSR count). The highest BCUT2D eigenvalue weighted by atomic mass is 16.3. The summed E-state index contributed by atoms with van der Waals surface area (Å²) >= 11 is 0. The monoisotopic (exact) mass is 717 g/mol. The van der Waals surface area contributed by atoms with E-state index >= 15 is 0 Å². The first-order chi connectivity index (χ1) is 27.6. The summed E-state index contributed by atoms with van der Waals surface area (Å²) in [4.78, 5) is 15.0. The Hall–Kier alpha value is -7.43. The molecule has 2 heterocycles. The van der Waals surface area contributed by atoms with E-state index < -0.39 is 0 Å². The summed E-state index contributed by atoms with van der Waals surface area (Å²) in [6.07, 6.45) is 0. The van der Waals surface area contributed by atoms with Crippen molar-refractivity contribution >= 4 is 21.9 Å². The Morgan fingerprint density at radius 3 is 1.46 bits per heavy atom. The van der Waals surface area contributed by atoms with Crippen LogP contribution >= 0.6 is 0 Å². The van der Waals surface area contributed by atoms with Gasteiger partial charge in [-0.15, -0.1) is 0 Å². The average molecular weight is 718 g/mol. The number of furan rings is 1. The highest BCUT2D eigenvalue weighted by Gasteiger charge is 2.17. The van der Waals surface area contributed by atoms with Crippen molar-refractivity contribution < 1.29 is 4.42 Å². The van der Waals surface area contributed by atoms with Gasteiger partial charge < -0.3 is 4.42 Å². The fourth-order valence-electron chi connectivity index (χ4n) is 7.57. The van der Waals surface area contributed by atoms with Gasteiger partial charge in [0.2, 0.25) is 0 Å². The fourth-order valence-corrected chi connectivity index (χ4v) is 7.57. The van der Waals surface area contributed by atoms with E-state index in [9.17, 15) is 0 Å². The Morgan fingerprint density at radius 1 is 0.321 bits per heavy atom. The van der Waals surface area contributed by atoms with E-state index in [0.717, 1.165) is 60.9 Å². The van der Waals surface area contributed by atoms with Crippen molar-refractivity contribution in [2.45, 2.75) is 6.92 Å². The average Bonchev–Trinajstić information content (AvgIpc) is 3.65. The van der Waals surface area contributed by atoms with Gasteiger partial charge in [-0.3, -0.25) is 0 Å². The van der Waals surface area contributed by atoms with E-state index in [1.807, 2.05) is 36.4 Å². The largest absolute Gasteiger partial charge is 0.456 e. The van der Waals surface area contributed by atoms with Gasteiger partial charge in [-0.2, -0.15) is 0 Å². The predicted molar refractivity (Wildman–Crippen MR) is 230 cm³/mol. The molecule has 10 aromatic rings. The van der Waals surface area contributed by atoms with Gasteiger partial charge in [0.15, 0.2) is 17.5 Å². The molecule has 4 heteroatoms. The summed E-state index contributed by atoms with van der Waals surface area (Å²) in [5.74, 6) is 1.82. The fraction of sp³-hybridized carbons (Fsp3) is 0.0192. The van der Waals surface area contributed by atoms with Crippen LogP contribution in [0.1, 0.15) is 5.56 Å². The van der Waals surface area contributed by atoms with Crippen LogP contribution < -0.4 is 0 Å². The molecule has 4 nitrogen and oxygen atoms in total. The molecule has 0 unspecified atom stereocenters. The van der Waals surface area contributed by atoms with Gasteiger partial charge in [0.05, 0.1) is 0 Å². The lowest BCUT2D eigenvalue weighted by Crippen LogP contribution is -2.00. The van der Waals surface area contributed by atoms with E-state index in [4.69, 9.17) is 19.4 Å². The highest BCUT2D eigenvalue weighted by Crippen LogP contribution is 2.39. The highest BCUT2D eigenvalue weighted by molar-refractivity contribution is 6.13. The number of hydrogen-bond acceptors (Lipinski definition) is 4. The van der Waals surface area contributed by atoms with Crippen LogP contribution in [0.2, 0.25) is 0 Å². The smallest absolute Gasteiger partial charge is 0.164 e. The summed E-state index contributed by atoms with van der Waals surface area (Å²) in [7, 11) is 0. The second kappa shape index (κ2) is 14.1. The number of aryl methyl sites for hydroxylation is 1. The molecule has 0 radical (unpaired) electrons. The number of rotatable bonds is 7. The third-order valence-corrected chi connectivity index (χ3v) is 10.4. The van der Waals surface area contributed by atoms with Gasteiger partial charge in [-0.1, -0.05) is 169 Å². The van der Waals surface area contributed by atoms with Crippen molar-refractivity contribution in [3.05, 3.63) is 200 Å². The lowest BCUT2D eigenvalue weighted by Gasteiger charge is -2.10. The number of aromatic nitrogens is 3. The van der Waals surface area contributed by atoms with Gasteiger partial charge >= 0.3 is 0 Å². The lowest BCUT2D eigenvalue weighted by atomic mass is 9.94. The molecule has 0 bridgehead atoms. The van der Waals surface area contributed by atoms with Crippen LogP contribution in [0.25, 0.3) is 101 Å². The molecule has 2 aromatic heterocycles. The van der Waals surface area contributed by atoms with Crippen LogP contribution in [0, 0.1) is 6.92 Å². The van der Waals surface area contributed by atoms with Crippen LogP contribution in [0.3, 0.4) is 0 Å². The van der Waals surface area contributed by atoms with E-state index in [1.54, 1.807) is 0 Å². The Morgan fingerprint density at radius 2 is 0.786 bits per heavy atom. The standard InChI is InChI=1S/C52H35N3O/c1-34-12-8-17-39(30-34)36-24-26-38(27-25-36)51-53-50(37-15-6-3-7-16-37)54-52(55-51)44-28-29-46-48(33-44)56-47-23-11-22-45(49(46)47)43-21-10-20-42(32-43)41-19-9-18-40(31-41)35-13-4-2-5-14-35/h2-33H,1H3. The van der Waals surface area contributed by atoms with Crippen molar-refractivity contribution in [1.29, 1.82) is 0 Å². The van der Waals surface area contributed by atoms with Gasteiger partial charge in [-0.25, -0.2) is 15.0 Å². The third-order valence-electron chi connectivity index (χ3n) is 10.4. The Kier molecular flexibility index (Phi) is 8.34. The topological polar surface area (TPSA) is 51.8 Å². The van der Waals surface area contributed by atoms with Crippen molar-refractivity contribution in [2.75, 3.05) is 0 Å². The quantitative estimate of drug-likeness (QED) is 0.165. The van der Waals surface area contributed by atoms with E-state index in [-0.39, 0.29) is 0 Å². The summed E-state index contributed by atoms with van der Waals surface area (Å²) in [6, 6.07) is 67.6. The SMILES string of the molecule is Cc1cccc(-c2ccc(-c3nc(-c4ccccc4)nc(-c4ccc5c(c4)oc4cccc(-c6cccc(-c7cccc(-c8ccccc8)c7)c6)c45)n3)cc2)c1. The van der Waals surface area contributed by atoms with E-state index in [2.05, 4.69) is 165 Å². The van der Waals surface area contributed by atoms with Gasteiger partial charge in [0, 0.05) is 27.5 Å². The molecule has 0 amide bonds. The summed E-state index contributed by atoms with van der Waals surface area (Å²) in [6.45, 7) is 2.11. The molecule has 0 spiro atoms. The number of nitrogens with zero attached hydrogens (tertiary/aromatic N) is 3.